The van der Waals surface area contributed by atoms with E-state index in [0.717, 1.165) is 26.1 Å². The summed E-state index contributed by atoms with van der Waals surface area (Å²) >= 11 is 0. The van der Waals surface area contributed by atoms with Crippen molar-refractivity contribution in [1.82, 2.24) is 15.5 Å². The van der Waals surface area contributed by atoms with Crippen molar-refractivity contribution in [3.8, 4) is 0 Å². The highest BCUT2D eigenvalue weighted by Gasteiger charge is 2.14. The highest BCUT2D eigenvalue weighted by molar-refractivity contribution is 4.85. The molecule has 0 bridgehead atoms. The predicted octanol–water partition coefficient (Wildman–Crippen LogP) is 0.485. The molecule has 0 unspecified atom stereocenters. The molecule has 1 aliphatic rings. The van der Waals surface area contributed by atoms with Crippen LogP contribution in [0.25, 0.3) is 0 Å². The van der Waals surface area contributed by atoms with Crippen LogP contribution in [0.1, 0.15) is 24.6 Å². The highest BCUT2D eigenvalue weighted by Crippen LogP contribution is 2.07. The van der Waals surface area contributed by atoms with Gasteiger partial charge < -0.3 is 19.3 Å². The van der Waals surface area contributed by atoms with Crippen molar-refractivity contribution in [1.29, 1.82) is 0 Å². The average Bonchev–Trinajstić information content (AvgIpc) is 2.76. The summed E-state index contributed by atoms with van der Waals surface area (Å²) < 4.78 is 15.3. The van der Waals surface area contributed by atoms with E-state index in [9.17, 15) is 0 Å². The minimum absolute atomic E-state index is 0.390. The molecule has 0 spiro atoms. The van der Waals surface area contributed by atoms with E-state index in [1.807, 2.05) is 0 Å². The molecule has 0 aromatic carbocycles. The fourth-order valence-corrected chi connectivity index (χ4v) is 1.68. The second-order valence-electron chi connectivity index (χ2n) is 3.80. The zero-order valence-electron chi connectivity index (χ0n) is 9.44. The molecule has 0 atom stereocenters. The van der Waals surface area contributed by atoms with Crippen LogP contribution in [0.2, 0.25) is 0 Å². The quantitative estimate of drug-likeness (QED) is 0.789. The van der Waals surface area contributed by atoms with E-state index in [1.165, 1.54) is 0 Å². The van der Waals surface area contributed by atoms with Crippen LogP contribution in [-0.4, -0.2) is 36.5 Å². The SMILES string of the molecule is COCc1noc(CNC2CCOCC2)n1. The number of nitrogens with zero attached hydrogens (tertiary/aromatic N) is 2. The molecule has 6 nitrogen and oxygen atoms in total. The third kappa shape index (κ3) is 3.26. The van der Waals surface area contributed by atoms with Gasteiger partial charge in [-0.2, -0.15) is 4.98 Å². The molecule has 1 aromatic heterocycles. The lowest BCUT2D eigenvalue weighted by Gasteiger charge is -2.22. The Bertz CT molecular complexity index is 310. The van der Waals surface area contributed by atoms with Crippen LogP contribution in [0, 0.1) is 0 Å². The Morgan fingerprint density at radius 3 is 3.00 bits per heavy atom. The molecule has 2 heterocycles. The molecular weight excluding hydrogens is 210 g/mol. The van der Waals surface area contributed by atoms with Crippen molar-refractivity contribution in [2.75, 3.05) is 20.3 Å². The Labute approximate surface area is 94.3 Å². The van der Waals surface area contributed by atoms with Gasteiger partial charge in [-0.3, -0.25) is 0 Å². The first-order valence-corrected chi connectivity index (χ1v) is 5.50. The first-order valence-electron chi connectivity index (χ1n) is 5.50. The van der Waals surface area contributed by atoms with Crippen LogP contribution in [0.3, 0.4) is 0 Å². The molecule has 1 saturated heterocycles. The largest absolute Gasteiger partial charge is 0.381 e. The minimum atomic E-state index is 0.390. The van der Waals surface area contributed by atoms with E-state index >= 15 is 0 Å². The first kappa shape index (κ1) is 11.5. The fourth-order valence-electron chi connectivity index (χ4n) is 1.68. The number of hydrogen-bond acceptors (Lipinski definition) is 6. The third-order valence-electron chi connectivity index (χ3n) is 2.55. The Kier molecular flexibility index (Phi) is 4.26. The highest BCUT2D eigenvalue weighted by atomic mass is 16.5. The molecule has 90 valence electrons. The van der Waals surface area contributed by atoms with E-state index in [1.54, 1.807) is 7.11 Å². The van der Waals surface area contributed by atoms with Crippen LogP contribution in [0.15, 0.2) is 4.52 Å². The number of rotatable bonds is 5. The van der Waals surface area contributed by atoms with E-state index < -0.39 is 0 Å². The fraction of sp³-hybridized carbons (Fsp3) is 0.800. The van der Waals surface area contributed by atoms with Gasteiger partial charge in [0.1, 0.15) is 6.61 Å². The standard InChI is InChI=1S/C10H17N3O3/c1-14-7-9-12-10(16-13-9)6-11-8-2-4-15-5-3-8/h8,11H,2-7H2,1H3. The summed E-state index contributed by atoms with van der Waals surface area (Å²) in [4.78, 5) is 4.19. The van der Waals surface area contributed by atoms with Crippen LogP contribution in [0.5, 0.6) is 0 Å². The van der Waals surface area contributed by atoms with E-state index in [0.29, 0.717) is 30.9 Å². The Morgan fingerprint density at radius 1 is 1.44 bits per heavy atom. The van der Waals surface area contributed by atoms with Gasteiger partial charge in [0.25, 0.3) is 0 Å². The van der Waals surface area contributed by atoms with Gasteiger partial charge in [0.15, 0.2) is 5.82 Å². The van der Waals surface area contributed by atoms with Crippen molar-refractivity contribution in [2.24, 2.45) is 0 Å². The van der Waals surface area contributed by atoms with Crippen molar-refractivity contribution in [3.05, 3.63) is 11.7 Å². The summed E-state index contributed by atoms with van der Waals surface area (Å²) in [5, 5.41) is 7.17. The first-order chi connectivity index (χ1) is 7.88. The lowest BCUT2D eigenvalue weighted by molar-refractivity contribution is 0.0768. The lowest BCUT2D eigenvalue weighted by Crippen LogP contribution is -2.34. The maximum Gasteiger partial charge on any atom is 0.240 e. The van der Waals surface area contributed by atoms with Gasteiger partial charge in [0.05, 0.1) is 6.54 Å². The summed E-state index contributed by atoms with van der Waals surface area (Å²) in [6.45, 7) is 2.66. The Hall–Kier alpha value is -0.980. The zero-order valence-corrected chi connectivity index (χ0v) is 9.44. The van der Waals surface area contributed by atoms with Gasteiger partial charge in [0.2, 0.25) is 5.89 Å². The maximum atomic E-state index is 5.28. The van der Waals surface area contributed by atoms with Gasteiger partial charge in [-0.05, 0) is 12.8 Å². The molecule has 1 N–H and O–H groups in total. The van der Waals surface area contributed by atoms with Gasteiger partial charge in [0, 0.05) is 26.4 Å². The van der Waals surface area contributed by atoms with Crippen molar-refractivity contribution < 1.29 is 14.0 Å². The van der Waals surface area contributed by atoms with Gasteiger partial charge in [-0.25, -0.2) is 0 Å². The van der Waals surface area contributed by atoms with Crippen molar-refractivity contribution in [2.45, 2.75) is 32.0 Å². The molecule has 0 radical (unpaired) electrons. The monoisotopic (exact) mass is 227 g/mol. The number of aromatic nitrogens is 2. The van der Waals surface area contributed by atoms with Crippen LogP contribution in [0.4, 0.5) is 0 Å². The van der Waals surface area contributed by atoms with Crippen LogP contribution < -0.4 is 5.32 Å². The normalized spacial score (nSPS) is 17.8. The molecule has 6 heteroatoms. The Morgan fingerprint density at radius 2 is 2.25 bits per heavy atom. The summed E-state index contributed by atoms with van der Waals surface area (Å²) in [6, 6.07) is 0.492. The number of nitrogens with one attached hydrogen (secondary N) is 1. The summed E-state index contributed by atoms with van der Waals surface area (Å²) in [7, 11) is 1.61. The molecule has 1 aliphatic heterocycles. The average molecular weight is 227 g/mol. The lowest BCUT2D eigenvalue weighted by atomic mass is 10.1. The molecule has 16 heavy (non-hydrogen) atoms. The smallest absolute Gasteiger partial charge is 0.240 e. The van der Waals surface area contributed by atoms with Gasteiger partial charge in [-0.1, -0.05) is 5.16 Å². The molecule has 2 rings (SSSR count). The van der Waals surface area contributed by atoms with Gasteiger partial charge in [-0.15, -0.1) is 0 Å². The van der Waals surface area contributed by atoms with Crippen molar-refractivity contribution >= 4 is 0 Å². The molecule has 1 fully saturated rings. The molecule has 1 aromatic rings. The molecule has 0 amide bonds. The van der Waals surface area contributed by atoms with E-state index in [4.69, 9.17) is 14.0 Å². The van der Waals surface area contributed by atoms with Crippen molar-refractivity contribution in [3.63, 3.8) is 0 Å². The van der Waals surface area contributed by atoms with Crippen LogP contribution >= 0.6 is 0 Å². The molecule has 0 saturated carbocycles. The zero-order chi connectivity index (χ0) is 11.2. The summed E-state index contributed by atoms with van der Waals surface area (Å²) in [6.07, 6.45) is 2.08. The molecule has 0 aliphatic carbocycles. The number of ether oxygens (including phenoxy) is 2. The number of methoxy groups -OCH3 is 1. The summed E-state index contributed by atoms with van der Waals surface area (Å²) in [5.41, 5.74) is 0. The second kappa shape index (κ2) is 5.93. The topological polar surface area (TPSA) is 69.4 Å². The third-order valence-corrected chi connectivity index (χ3v) is 2.55. The maximum absolute atomic E-state index is 5.28. The predicted molar refractivity (Wildman–Crippen MR) is 55.7 cm³/mol. The van der Waals surface area contributed by atoms with E-state index in [2.05, 4.69) is 15.5 Å². The second-order valence-corrected chi connectivity index (χ2v) is 3.80. The van der Waals surface area contributed by atoms with Gasteiger partial charge >= 0.3 is 0 Å². The minimum Gasteiger partial charge on any atom is -0.381 e. The number of hydrogen-bond donors (Lipinski definition) is 1. The van der Waals surface area contributed by atoms with E-state index in [-0.39, 0.29) is 0 Å². The Balaban J connectivity index is 1.75. The summed E-state index contributed by atoms with van der Waals surface area (Å²) in [5.74, 6) is 1.20. The molecular formula is C10H17N3O3. The van der Waals surface area contributed by atoms with Crippen LogP contribution in [-0.2, 0) is 22.6 Å².